The van der Waals surface area contributed by atoms with Crippen LogP contribution in [0.1, 0.15) is 31.9 Å². The lowest BCUT2D eigenvalue weighted by molar-refractivity contribution is -0.384. The van der Waals surface area contributed by atoms with Crippen LogP contribution < -0.4 is 0 Å². The lowest BCUT2D eigenvalue weighted by Gasteiger charge is -2.23. The van der Waals surface area contributed by atoms with Crippen molar-refractivity contribution >= 4 is 24.5 Å². The molecule has 0 bridgehead atoms. The van der Waals surface area contributed by atoms with E-state index in [4.69, 9.17) is 13.9 Å². The highest BCUT2D eigenvalue weighted by Crippen LogP contribution is 2.60. The largest absolute Gasteiger partial charge is 0.361 e. The highest BCUT2D eigenvalue weighted by molar-refractivity contribution is 7.65. The van der Waals surface area contributed by atoms with Gasteiger partial charge < -0.3 is 9.05 Å². The second-order valence-electron chi connectivity index (χ2n) is 6.57. The first-order chi connectivity index (χ1) is 15.3. The van der Waals surface area contributed by atoms with Crippen molar-refractivity contribution in [2.45, 2.75) is 27.4 Å². The van der Waals surface area contributed by atoms with Crippen molar-refractivity contribution in [3.05, 3.63) is 81.9 Å². The molecule has 0 N–H and O–H groups in total. The molecule has 0 radical (unpaired) electrons. The Hall–Kier alpha value is -2.84. The molecule has 0 aliphatic carbocycles. The molecule has 0 unspecified atom stereocenters. The number of rotatable bonds is 12. The summed E-state index contributed by atoms with van der Waals surface area (Å²) in [6, 6.07) is 14.9. The highest BCUT2D eigenvalue weighted by Gasteiger charge is 2.31. The number of amides is 1. The molecule has 0 saturated carbocycles. The first kappa shape index (κ1) is 25.4. The third kappa shape index (κ3) is 7.10. The van der Waals surface area contributed by atoms with Crippen LogP contribution in [0.15, 0.2) is 60.7 Å². The first-order valence-electron chi connectivity index (χ1n) is 10.1. The summed E-state index contributed by atoms with van der Waals surface area (Å²) in [5.74, 6) is -0.345. The summed E-state index contributed by atoms with van der Waals surface area (Å²) in [5, 5.41) is 12.3. The molecule has 0 aromatic heterocycles. The summed E-state index contributed by atoms with van der Waals surface area (Å²) in [6.45, 7) is 5.13. The first-order valence-corrected chi connectivity index (χ1v) is 11.6. The van der Waals surface area contributed by atoms with E-state index in [0.29, 0.717) is 5.56 Å². The Kier molecular flexibility index (Phi) is 9.74. The monoisotopic (exact) mass is 462 g/mol. The zero-order valence-electron chi connectivity index (χ0n) is 18.3. The van der Waals surface area contributed by atoms with Gasteiger partial charge in [-0.1, -0.05) is 30.3 Å². The summed E-state index contributed by atoms with van der Waals surface area (Å²) in [6.07, 6.45) is 1.53. The summed E-state index contributed by atoms with van der Waals surface area (Å²) < 4.78 is 24.4. The van der Waals surface area contributed by atoms with Gasteiger partial charge in [0, 0.05) is 19.1 Å². The van der Waals surface area contributed by atoms with E-state index in [-0.39, 0.29) is 43.3 Å². The molecule has 0 saturated heterocycles. The van der Waals surface area contributed by atoms with Gasteiger partial charge in [-0.25, -0.2) is 5.06 Å². The molecule has 0 fully saturated rings. The lowest BCUT2D eigenvalue weighted by Crippen LogP contribution is -2.29. The molecule has 2 rings (SSSR count). The number of carbonyl (C=O) groups excluding carboxylic acids is 1. The number of benzene rings is 2. The molecule has 10 heteroatoms. The van der Waals surface area contributed by atoms with E-state index in [9.17, 15) is 19.5 Å². The quantitative estimate of drug-likeness (QED) is 0.243. The topological polar surface area (TPSA) is 108 Å². The fourth-order valence-corrected chi connectivity index (χ4v) is 4.63. The molecule has 0 aliphatic heterocycles. The summed E-state index contributed by atoms with van der Waals surface area (Å²) in [5.41, 5.74) is 1.20. The predicted octanol–water partition coefficient (Wildman–Crippen LogP) is 5.18. The van der Waals surface area contributed by atoms with Crippen LogP contribution in [0.3, 0.4) is 0 Å². The number of nitro groups is 1. The molecule has 0 spiro atoms. The molecule has 9 nitrogen and oxygen atoms in total. The number of hydrogen-bond donors (Lipinski definition) is 0. The molecule has 0 aliphatic rings. The van der Waals surface area contributed by atoms with Crippen LogP contribution in [0.4, 0.5) is 5.69 Å². The second kappa shape index (κ2) is 12.3. The average Bonchev–Trinajstić information content (AvgIpc) is 2.77. The van der Waals surface area contributed by atoms with Crippen LogP contribution in [0, 0.1) is 10.1 Å². The van der Waals surface area contributed by atoms with Crippen molar-refractivity contribution in [1.82, 2.24) is 5.06 Å². The normalized spacial score (nSPS) is 11.9. The molecular weight excluding hydrogens is 435 g/mol. The molecule has 2 aromatic carbocycles. The number of carbonyl (C=O) groups is 1. The van der Waals surface area contributed by atoms with Crippen molar-refractivity contribution in [3.63, 3.8) is 0 Å². The van der Waals surface area contributed by atoms with Gasteiger partial charge in [-0.3, -0.25) is 24.3 Å². The predicted molar refractivity (Wildman–Crippen MR) is 121 cm³/mol. The van der Waals surface area contributed by atoms with Gasteiger partial charge in [0.1, 0.15) is 6.61 Å². The SMILES string of the molecule is CCOP(=O)(OCC)/C(=C\CN(OCc1ccccc1)C(C)=O)c1ccc([N+](=O)[O-])cc1. The van der Waals surface area contributed by atoms with E-state index in [2.05, 4.69) is 0 Å². The average molecular weight is 462 g/mol. The number of hydroxylamine groups is 2. The third-order valence-corrected chi connectivity index (χ3v) is 6.53. The molecule has 1 amide bonds. The maximum absolute atomic E-state index is 13.5. The summed E-state index contributed by atoms with van der Waals surface area (Å²) in [7, 11) is -3.76. The van der Waals surface area contributed by atoms with Crippen LogP contribution in [0.2, 0.25) is 0 Å². The van der Waals surface area contributed by atoms with Crippen LogP contribution in [-0.2, 0) is 29.9 Å². The Morgan fingerprint density at radius 3 is 2.16 bits per heavy atom. The van der Waals surface area contributed by atoms with E-state index >= 15 is 0 Å². The fraction of sp³-hybridized carbons (Fsp3) is 0.318. The minimum atomic E-state index is -3.76. The second-order valence-corrected chi connectivity index (χ2v) is 8.56. The van der Waals surface area contributed by atoms with Crippen LogP contribution in [-0.4, -0.2) is 35.7 Å². The molecule has 2 aromatic rings. The van der Waals surface area contributed by atoms with E-state index in [1.165, 1.54) is 37.3 Å². The summed E-state index contributed by atoms with van der Waals surface area (Å²) in [4.78, 5) is 28.2. The van der Waals surface area contributed by atoms with Gasteiger partial charge >= 0.3 is 7.60 Å². The Labute approximate surface area is 187 Å². The standard InChI is InChI=1S/C22H27N2O7P/c1-4-30-32(28,31-5-2)22(20-11-13-21(14-12-20)24(26)27)15-16-23(18(3)25)29-17-19-9-7-6-8-10-19/h6-15H,4-5,16-17H2,1-3H3/b22-15-. The Balaban J connectivity index is 2.36. The Morgan fingerprint density at radius 2 is 1.66 bits per heavy atom. The fourth-order valence-electron chi connectivity index (χ4n) is 2.83. The van der Waals surface area contributed by atoms with Crippen molar-refractivity contribution in [1.29, 1.82) is 0 Å². The molecule has 0 heterocycles. The van der Waals surface area contributed by atoms with Gasteiger partial charge in [-0.15, -0.1) is 0 Å². The van der Waals surface area contributed by atoms with Crippen LogP contribution in [0.25, 0.3) is 5.31 Å². The minimum Gasteiger partial charge on any atom is -0.305 e. The van der Waals surface area contributed by atoms with E-state index < -0.39 is 12.5 Å². The van der Waals surface area contributed by atoms with Crippen molar-refractivity contribution < 1.29 is 28.2 Å². The van der Waals surface area contributed by atoms with E-state index in [1.807, 2.05) is 30.3 Å². The van der Waals surface area contributed by atoms with Crippen LogP contribution in [0.5, 0.6) is 0 Å². The van der Waals surface area contributed by atoms with Crippen molar-refractivity contribution in [2.24, 2.45) is 0 Å². The number of hydrogen-bond acceptors (Lipinski definition) is 7. The minimum absolute atomic E-state index is 0.0291. The van der Waals surface area contributed by atoms with Gasteiger partial charge in [0.25, 0.3) is 5.69 Å². The molecule has 172 valence electrons. The zero-order chi connectivity index (χ0) is 23.6. The van der Waals surface area contributed by atoms with Crippen molar-refractivity contribution in [2.75, 3.05) is 19.8 Å². The smallest absolute Gasteiger partial charge is 0.305 e. The van der Waals surface area contributed by atoms with Gasteiger partial charge in [0.15, 0.2) is 0 Å². The summed E-state index contributed by atoms with van der Waals surface area (Å²) >= 11 is 0. The zero-order valence-corrected chi connectivity index (χ0v) is 19.2. The number of nitro benzene ring substituents is 1. The molecular formula is C22H27N2O7P. The van der Waals surface area contributed by atoms with Gasteiger partial charge in [0.05, 0.1) is 30.0 Å². The van der Waals surface area contributed by atoms with Gasteiger partial charge in [-0.2, -0.15) is 0 Å². The lowest BCUT2D eigenvalue weighted by atomic mass is 10.2. The van der Waals surface area contributed by atoms with Crippen LogP contribution >= 0.6 is 7.60 Å². The van der Waals surface area contributed by atoms with Crippen molar-refractivity contribution in [3.8, 4) is 0 Å². The molecule has 32 heavy (non-hydrogen) atoms. The number of nitrogens with zero attached hydrogens (tertiary/aromatic N) is 2. The Bertz CT molecular complexity index is 968. The number of non-ortho nitro benzene ring substituents is 1. The molecule has 0 atom stereocenters. The van der Waals surface area contributed by atoms with E-state index in [0.717, 1.165) is 10.6 Å². The maximum atomic E-state index is 13.5. The van der Waals surface area contributed by atoms with E-state index in [1.54, 1.807) is 13.8 Å². The highest BCUT2D eigenvalue weighted by atomic mass is 31.2. The Morgan fingerprint density at radius 1 is 1.06 bits per heavy atom. The van der Waals surface area contributed by atoms with Gasteiger partial charge in [-0.05, 0) is 43.2 Å². The van der Waals surface area contributed by atoms with Gasteiger partial charge in [0.2, 0.25) is 5.91 Å². The third-order valence-electron chi connectivity index (χ3n) is 4.30. The maximum Gasteiger partial charge on any atom is 0.361 e.